The highest BCUT2D eigenvalue weighted by atomic mass is 19.1. The summed E-state index contributed by atoms with van der Waals surface area (Å²) in [5.41, 5.74) is 0.651. The lowest BCUT2D eigenvalue weighted by molar-refractivity contribution is 0.139. The SMILES string of the molecule is CCN(C(C)=N)C(=O)Nc1nc(N2CCN(C(=O)N3N=CC[C@H]3c3cc(F)cc(C#N)c3)CC2)ncc1F. The highest BCUT2D eigenvalue weighted by molar-refractivity contribution is 6.01. The second-order valence-corrected chi connectivity index (χ2v) is 8.66. The molecule has 1 atom stereocenters. The van der Waals surface area contributed by atoms with E-state index < -0.39 is 23.7 Å². The van der Waals surface area contributed by atoms with Crippen molar-refractivity contribution in [1.82, 2.24) is 24.8 Å². The number of urea groups is 2. The normalized spacial score (nSPS) is 16.8. The molecular weight excluding hydrogens is 498 g/mol. The van der Waals surface area contributed by atoms with Gasteiger partial charge in [0.2, 0.25) is 5.95 Å². The summed E-state index contributed by atoms with van der Waals surface area (Å²) in [6.07, 6.45) is 2.93. The van der Waals surface area contributed by atoms with Crippen molar-refractivity contribution in [2.45, 2.75) is 26.3 Å². The first-order valence-corrected chi connectivity index (χ1v) is 11.9. The van der Waals surface area contributed by atoms with Crippen LogP contribution in [0.2, 0.25) is 0 Å². The largest absolute Gasteiger partial charge is 0.341 e. The van der Waals surface area contributed by atoms with E-state index in [1.807, 2.05) is 6.07 Å². The maximum atomic E-state index is 14.3. The third-order valence-corrected chi connectivity index (χ3v) is 6.22. The van der Waals surface area contributed by atoms with Gasteiger partial charge in [-0.1, -0.05) is 0 Å². The van der Waals surface area contributed by atoms with Crippen molar-refractivity contribution in [1.29, 1.82) is 10.7 Å². The lowest BCUT2D eigenvalue weighted by Gasteiger charge is -2.37. The molecular formula is C24H26F2N10O2. The molecule has 0 spiro atoms. The minimum Gasteiger partial charge on any atom is -0.337 e. The molecule has 4 amide bonds. The lowest BCUT2D eigenvalue weighted by atomic mass is 10.0. The Bertz CT molecular complexity index is 1320. The summed E-state index contributed by atoms with van der Waals surface area (Å²) in [7, 11) is 0. The molecule has 0 unspecified atom stereocenters. The van der Waals surface area contributed by atoms with Crippen molar-refractivity contribution in [2.75, 3.05) is 42.9 Å². The maximum absolute atomic E-state index is 14.3. The molecule has 2 N–H and O–H groups in total. The van der Waals surface area contributed by atoms with E-state index >= 15 is 0 Å². The molecule has 12 nitrogen and oxygen atoms in total. The number of nitriles is 1. The van der Waals surface area contributed by atoms with Crippen molar-refractivity contribution in [3.63, 3.8) is 0 Å². The van der Waals surface area contributed by atoms with E-state index in [2.05, 4.69) is 20.4 Å². The molecule has 4 rings (SSSR count). The molecule has 0 aliphatic carbocycles. The number of hydrazone groups is 1. The fraction of sp³-hybridized carbons (Fsp3) is 0.375. The number of nitrogens with one attached hydrogen (secondary N) is 2. The van der Waals surface area contributed by atoms with Crippen LogP contribution in [-0.4, -0.2) is 81.6 Å². The van der Waals surface area contributed by atoms with Crippen LogP contribution in [0.1, 0.15) is 37.4 Å². The Morgan fingerprint density at radius 2 is 1.97 bits per heavy atom. The summed E-state index contributed by atoms with van der Waals surface area (Å²) >= 11 is 0. The Labute approximate surface area is 217 Å². The van der Waals surface area contributed by atoms with Crippen molar-refractivity contribution < 1.29 is 18.4 Å². The first-order chi connectivity index (χ1) is 18.2. The number of hydrogen-bond donors (Lipinski definition) is 2. The fourth-order valence-corrected chi connectivity index (χ4v) is 4.29. The Morgan fingerprint density at radius 1 is 1.24 bits per heavy atom. The monoisotopic (exact) mass is 524 g/mol. The second-order valence-electron chi connectivity index (χ2n) is 8.66. The summed E-state index contributed by atoms with van der Waals surface area (Å²) in [5, 5.41) is 24.7. The number of piperazine rings is 1. The van der Waals surface area contributed by atoms with Gasteiger partial charge in [-0.15, -0.1) is 0 Å². The number of anilines is 2. The van der Waals surface area contributed by atoms with Gasteiger partial charge in [-0.05, 0) is 37.6 Å². The molecule has 2 aromatic rings. The highest BCUT2D eigenvalue weighted by Gasteiger charge is 2.34. The van der Waals surface area contributed by atoms with Gasteiger partial charge in [-0.2, -0.15) is 15.3 Å². The van der Waals surface area contributed by atoms with Crippen molar-refractivity contribution in [3.05, 3.63) is 47.2 Å². The Hall–Kier alpha value is -4.67. The third kappa shape index (κ3) is 5.51. The average Bonchev–Trinajstić information content (AvgIpc) is 3.39. The lowest BCUT2D eigenvalue weighted by Crippen LogP contribution is -2.52. The molecule has 1 aromatic heterocycles. The number of halogens is 2. The van der Waals surface area contributed by atoms with Gasteiger partial charge in [0.05, 0.1) is 23.9 Å². The van der Waals surface area contributed by atoms with Crippen LogP contribution >= 0.6 is 0 Å². The van der Waals surface area contributed by atoms with Crippen molar-refractivity contribution in [2.24, 2.45) is 5.10 Å². The van der Waals surface area contributed by atoms with E-state index in [-0.39, 0.29) is 35.7 Å². The van der Waals surface area contributed by atoms with Crippen LogP contribution in [-0.2, 0) is 0 Å². The topological polar surface area (TPSA) is 145 Å². The van der Waals surface area contributed by atoms with Crippen LogP contribution in [0.3, 0.4) is 0 Å². The van der Waals surface area contributed by atoms with E-state index in [0.29, 0.717) is 38.2 Å². The summed E-state index contributed by atoms with van der Waals surface area (Å²) in [6, 6.07) is 4.33. The molecule has 2 aliphatic rings. The summed E-state index contributed by atoms with van der Waals surface area (Å²) in [4.78, 5) is 38.3. The van der Waals surface area contributed by atoms with Crippen LogP contribution in [0, 0.1) is 28.4 Å². The first kappa shape index (κ1) is 26.4. The smallest absolute Gasteiger partial charge is 0.337 e. The van der Waals surface area contributed by atoms with E-state index in [9.17, 15) is 18.4 Å². The number of benzene rings is 1. The number of amidine groups is 1. The average molecular weight is 525 g/mol. The van der Waals surface area contributed by atoms with Crippen molar-refractivity contribution in [3.8, 4) is 6.07 Å². The Morgan fingerprint density at radius 3 is 2.63 bits per heavy atom. The van der Waals surface area contributed by atoms with Crippen LogP contribution in [0.15, 0.2) is 29.5 Å². The maximum Gasteiger partial charge on any atom is 0.341 e. The molecule has 0 radical (unpaired) electrons. The molecule has 38 heavy (non-hydrogen) atoms. The predicted molar refractivity (Wildman–Crippen MR) is 135 cm³/mol. The van der Waals surface area contributed by atoms with E-state index in [4.69, 9.17) is 10.7 Å². The molecule has 0 bridgehead atoms. The number of hydrogen-bond acceptors (Lipinski definition) is 8. The van der Waals surface area contributed by atoms with Gasteiger partial charge in [0, 0.05) is 45.4 Å². The first-order valence-electron chi connectivity index (χ1n) is 11.9. The molecule has 1 aromatic carbocycles. The molecule has 2 aliphatic heterocycles. The number of carbonyl (C=O) groups excluding carboxylic acids is 2. The quantitative estimate of drug-likeness (QED) is 0.464. The van der Waals surface area contributed by atoms with E-state index in [0.717, 1.165) is 17.2 Å². The number of aromatic nitrogens is 2. The van der Waals surface area contributed by atoms with E-state index in [1.165, 1.54) is 18.0 Å². The minimum atomic E-state index is -0.815. The minimum absolute atomic E-state index is 0.00737. The van der Waals surface area contributed by atoms with Crippen LogP contribution in [0.4, 0.5) is 30.1 Å². The molecule has 3 heterocycles. The van der Waals surface area contributed by atoms with Gasteiger partial charge in [0.25, 0.3) is 0 Å². The van der Waals surface area contributed by atoms with Gasteiger partial charge in [-0.25, -0.2) is 28.4 Å². The molecule has 1 saturated heterocycles. The van der Waals surface area contributed by atoms with Crippen molar-refractivity contribution >= 4 is 35.9 Å². The number of rotatable bonds is 4. The third-order valence-electron chi connectivity index (χ3n) is 6.22. The predicted octanol–water partition coefficient (Wildman–Crippen LogP) is 3.15. The van der Waals surface area contributed by atoms with Gasteiger partial charge < -0.3 is 9.80 Å². The highest BCUT2D eigenvalue weighted by Crippen LogP contribution is 2.30. The molecule has 0 saturated carbocycles. The summed E-state index contributed by atoms with van der Waals surface area (Å²) in [6.45, 7) is 4.64. The summed E-state index contributed by atoms with van der Waals surface area (Å²) < 4.78 is 28.3. The fourth-order valence-electron chi connectivity index (χ4n) is 4.29. The van der Waals surface area contributed by atoms with Gasteiger partial charge in [-0.3, -0.25) is 15.6 Å². The van der Waals surface area contributed by atoms with Crippen LogP contribution in [0.5, 0.6) is 0 Å². The zero-order valence-electron chi connectivity index (χ0n) is 20.9. The van der Waals surface area contributed by atoms with Crippen LogP contribution < -0.4 is 10.2 Å². The molecule has 14 heteroatoms. The van der Waals surface area contributed by atoms with Gasteiger partial charge in [0.1, 0.15) is 11.7 Å². The zero-order valence-corrected chi connectivity index (χ0v) is 20.9. The number of amides is 4. The molecule has 198 valence electrons. The second kappa shape index (κ2) is 11.2. The zero-order chi connectivity index (χ0) is 27.4. The summed E-state index contributed by atoms with van der Waals surface area (Å²) in [5.74, 6) is -1.49. The molecule has 1 fully saturated rings. The van der Waals surface area contributed by atoms with Crippen LogP contribution in [0.25, 0.3) is 0 Å². The van der Waals surface area contributed by atoms with Gasteiger partial charge in [0.15, 0.2) is 11.6 Å². The number of nitrogens with zero attached hydrogens (tertiary/aromatic N) is 8. The van der Waals surface area contributed by atoms with E-state index in [1.54, 1.807) is 29.0 Å². The number of carbonyl (C=O) groups is 2. The van der Waals surface area contributed by atoms with Gasteiger partial charge >= 0.3 is 12.1 Å². The Balaban J connectivity index is 1.41. The Kier molecular flexibility index (Phi) is 7.75. The standard InChI is InChI=1S/C24H26F2N10O2/c1-3-35(15(2)28)23(37)32-21-19(26)14-29-22(31-21)33-6-8-34(9-7-33)24(38)36-20(4-5-30-36)17-10-16(13-27)11-18(25)12-17/h5,10-12,14,20,28H,3-4,6-9H2,1-2H3,(H,29,31,32,37)/t20-/m0/s1.